The van der Waals surface area contributed by atoms with Gasteiger partial charge in [-0.05, 0) is 47.7 Å². The summed E-state index contributed by atoms with van der Waals surface area (Å²) in [5, 5.41) is 4.29. The molecule has 6 heteroatoms. The van der Waals surface area contributed by atoms with Crippen LogP contribution in [0.5, 0.6) is 17.2 Å². The number of nitrogens with zero attached hydrogens (tertiary/aromatic N) is 1. The largest absolute Gasteiger partial charge is 0.493 e. The van der Waals surface area contributed by atoms with Gasteiger partial charge in [-0.1, -0.05) is 6.07 Å². The van der Waals surface area contributed by atoms with E-state index in [0.717, 1.165) is 46.0 Å². The number of aromatic nitrogens is 1. The maximum atomic E-state index is 12.0. The zero-order chi connectivity index (χ0) is 20.7. The number of hydrogen-bond acceptors (Lipinski definition) is 4. The van der Waals surface area contributed by atoms with Crippen molar-refractivity contribution in [2.45, 2.75) is 25.8 Å². The molecule has 1 unspecified atom stereocenters. The summed E-state index contributed by atoms with van der Waals surface area (Å²) in [6.45, 7) is 1.56. The van der Waals surface area contributed by atoms with E-state index in [-0.39, 0.29) is 11.9 Å². The SMILES string of the molecule is COc1cc2c(c(OC)c1OC)-c1ccc3c(ccn3C)c1C(NC(C)=O)CC2. The highest BCUT2D eigenvalue weighted by Gasteiger charge is 2.30. The van der Waals surface area contributed by atoms with Crippen molar-refractivity contribution in [2.75, 3.05) is 21.3 Å². The lowest BCUT2D eigenvalue weighted by atomic mass is 9.91. The first-order chi connectivity index (χ1) is 14.0. The summed E-state index contributed by atoms with van der Waals surface area (Å²) >= 11 is 0. The van der Waals surface area contributed by atoms with Crippen molar-refractivity contribution >= 4 is 16.8 Å². The van der Waals surface area contributed by atoms with Crippen molar-refractivity contribution in [1.82, 2.24) is 9.88 Å². The molecule has 0 bridgehead atoms. The molecule has 1 aliphatic carbocycles. The molecule has 1 atom stereocenters. The Morgan fingerprint density at radius 1 is 1.10 bits per heavy atom. The van der Waals surface area contributed by atoms with Gasteiger partial charge in [-0.3, -0.25) is 4.79 Å². The van der Waals surface area contributed by atoms with Gasteiger partial charge in [0, 0.05) is 36.6 Å². The summed E-state index contributed by atoms with van der Waals surface area (Å²) in [5.74, 6) is 1.83. The summed E-state index contributed by atoms with van der Waals surface area (Å²) in [6, 6.07) is 8.27. The smallest absolute Gasteiger partial charge is 0.217 e. The molecular weight excluding hydrogens is 368 g/mol. The fraction of sp³-hybridized carbons (Fsp3) is 0.348. The van der Waals surface area contributed by atoms with Crippen LogP contribution in [0.3, 0.4) is 0 Å². The number of ether oxygens (including phenoxy) is 3. The molecule has 0 spiro atoms. The quantitative estimate of drug-likeness (QED) is 0.727. The highest BCUT2D eigenvalue weighted by atomic mass is 16.5. The minimum atomic E-state index is -0.0947. The highest BCUT2D eigenvalue weighted by molar-refractivity contribution is 5.95. The Balaban J connectivity index is 2.09. The van der Waals surface area contributed by atoms with Gasteiger partial charge in [-0.2, -0.15) is 0 Å². The Morgan fingerprint density at radius 2 is 1.86 bits per heavy atom. The predicted octanol–water partition coefficient (Wildman–Crippen LogP) is 3.99. The molecule has 1 aromatic heterocycles. The molecule has 1 amide bonds. The number of amides is 1. The molecule has 0 saturated carbocycles. The Kier molecular flexibility index (Phi) is 4.86. The summed E-state index contributed by atoms with van der Waals surface area (Å²) < 4.78 is 19.1. The van der Waals surface area contributed by atoms with Gasteiger partial charge in [0.25, 0.3) is 0 Å². The van der Waals surface area contributed by atoms with E-state index in [4.69, 9.17) is 14.2 Å². The molecule has 0 aliphatic heterocycles. The number of nitrogens with one attached hydrogen (secondary N) is 1. The minimum absolute atomic E-state index is 0.0398. The molecule has 152 valence electrons. The molecular formula is C23H26N2O4. The Morgan fingerprint density at radius 3 is 2.52 bits per heavy atom. The molecule has 2 aromatic carbocycles. The van der Waals surface area contributed by atoms with Gasteiger partial charge in [0.2, 0.25) is 11.7 Å². The number of fused-ring (bicyclic) bond motifs is 5. The molecule has 6 nitrogen and oxygen atoms in total. The number of carbonyl (C=O) groups is 1. The second kappa shape index (κ2) is 7.35. The number of rotatable bonds is 4. The van der Waals surface area contributed by atoms with Crippen LogP contribution in [-0.4, -0.2) is 31.8 Å². The lowest BCUT2D eigenvalue weighted by Gasteiger charge is -2.22. The monoisotopic (exact) mass is 394 g/mol. The molecule has 0 fully saturated rings. The summed E-state index contributed by atoms with van der Waals surface area (Å²) in [7, 11) is 6.92. The van der Waals surface area contributed by atoms with E-state index in [0.29, 0.717) is 17.2 Å². The van der Waals surface area contributed by atoms with Crippen molar-refractivity contribution in [3.8, 4) is 28.4 Å². The topological polar surface area (TPSA) is 61.7 Å². The van der Waals surface area contributed by atoms with Gasteiger partial charge >= 0.3 is 0 Å². The minimum Gasteiger partial charge on any atom is -0.493 e. The van der Waals surface area contributed by atoms with E-state index >= 15 is 0 Å². The van der Waals surface area contributed by atoms with Crippen LogP contribution in [0, 0.1) is 0 Å². The number of aryl methyl sites for hydroxylation is 2. The molecule has 1 aliphatic rings. The van der Waals surface area contributed by atoms with E-state index < -0.39 is 0 Å². The third-order valence-electron chi connectivity index (χ3n) is 5.72. The molecule has 3 aromatic rings. The Bertz CT molecular complexity index is 1100. The van der Waals surface area contributed by atoms with E-state index in [9.17, 15) is 4.79 Å². The molecule has 4 rings (SSSR count). The second-order valence-corrected chi connectivity index (χ2v) is 7.36. The van der Waals surface area contributed by atoms with Gasteiger partial charge < -0.3 is 24.1 Å². The van der Waals surface area contributed by atoms with Crippen molar-refractivity contribution in [3.63, 3.8) is 0 Å². The average Bonchev–Trinajstić information content (AvgIpc) is 3.02. The molecule has 0 saturated heterocycles. The second-order valence-electron chi connectivity index (χ2n) is 7.36. The van der Waals surface area contributed by atoms with Gasteiger partial charge in [0.15, 0.2) is 11.5 Å². The number of carbonyl (C=O) groups excluding carboxylic acids is 1. The Labute approximate surface area is 170 Å². The molecule has 0 radical (unpaired) electrons. The first-order valence-electron chi connectivity index (χ1n) is 9.67. The third kappa shape index (κ3) is 2.99. The van der Waals surface area contributed by atoms with Crippen LogP contribution in [0.25, 0.3) is 22.0 Å². The van der Waals surface area contributed by atoms with Crippen LogP contribution in [0.2, 0.25) is 0 Å². The average molecular weight is 394 g/mol. The van der Waals surface area contributed by atoms with E-state index in [1.54, 1.807) is 28.3 Å². The third-order valence-corrected chi connectivity index (χ3v) is 5.72. The normalized spacial score (nSPS) is 15.3. The predicted molar refractivity (Wildman–Crippen MR) is 113 cm³/mol. The molecule has 1 heterocycles. The molecule has 29 heavy (non-hydrogen) atoms. The van der Waals surface area contributed by atoms with Crippen LogP contribution >= 0.6 is 0 Å². The van der Waals surface area contributed by atoms with Gasteiger partial charge in [-0.25, -0.2) is 0 Å². The van der Waals surface area contributed by atoms with Crippen LogP contribution in [0.1, 0.15) is 30.5 Å². The summed E-state index contributed by atoms with van der Waals surface area (Å²) in [4.78, 5) is 12.0. The lowest BCUT2D eigenvalue weighted by molar-refractivity contribution is -0.119. The van der Waals surface area contributed by atoms with Crippen LogP contribution in [0.4, 0.5) is 0 Å². The Hall–Kier alpha value is -3.15. The highest BCUT2D eigenvalue weighted by Crippen LogP contribution is 2.51. The fourth-order valence-corrected chi connectivity index (χ4v) is 4.50. The fourth-order valence-electron chi connectivity index (χ4n) is 4.50. The maximum absolute atomic E-state index is 12.0. The van der Waals surface area contributed by atoms with E-state index in [1.807, 2.05) is 19.3 Å². The van der Waals surface area contributed by atoms with Crippen LogP contribution in [-0.2, 0) is 18.3 Å². The number of benzene rings is 2. The standard InChI is InChI=1S/C23H26N2O4/c1-13(26)24-17-8-6-14-12-19(27-3)22(28-4)23(29-5)20(14)16-7-9-18-15(21(16)17)10-11-25(18)2/h7,9-12,17H,6,8H2,1-5H3,(H,24,26). The van der Waals surface area contributed by atoms with E-state index in [1.165, 1.54) is 0 Å². The van der Waals surface area contributed by atoms with E-state index in [2.05, 4.69) is 28.1 Å². The van der Waals surface area contributed by atoms with Crippen LogP contribution in [0.15, 0.2) is 30.5 Å². The number of hydrogen-bond donors (Lipinski definition) is 1. The van der Waals surface area contributed by atoms with Gasteiger partial charge in [0.05, 0.1) is 27.4 Å². The van der Waals surface area contributed by atoms with Crippen LogP contribution < -0.4 is 19.5 Å². The van der Waals surface area contributed by atoms with Gasteiger partial charge in [0.1, 0.15) is 0 Å². The van der Waals surface area contributed by atoms with Crippen molar-refractivity contribution in [1.29, 1.82) is 0 Å². The molecule has 1 N–H and O–H groups in total. The number of methoxy groups -OCH3 is 3. The first kappa shape index (κ1) is 19.2. The van der Waals surface area contributed by atoms with Crippen molar-refractivity contribution in [3.05, 3.63) is 41.6 Å². The summed E-state index contributed by atoms with van der Waals surface area (Å²) in [5.41, 5.74) is 5.40. The zero-order valence-corrected chi connectivity index (χ0v) is 17.5. The first-order valence-corrected chi connectivity index (χ1v) is 9.67. The maximum Gasteiger partial charge on any atom is 0.217 e. The van der Waals surface area contributed by atoms with Gasteiger partial charge in [-0.15, -0.1) is 0 Å². The zero-order valence-electron chi connectivity index (χ0n) is 17.5. The van der Waals surface area contributed by atoms with Crippen molar-refractivity contribution < 1.29 is 19.0 Å². The summed E-state index contributed by atoms with van der Waals surface area (Å²) in [6.07, 6.45) is 3.61. The lowest BCUT2D eigenvalue weighted by Crippen LogP contribution is -2.26. The van der Waals surface area contributed by atoms with Crippen molar-refractivity contribution in [2.24, 2.45) is 7.05 Å².